The van der Waals surface area contributed by atoms with E-state index in [-0.39, 0.29) is 6.61 Å². The normalized spacial score (nSPS) is 33.8. The molecule has 1 fully saturated rings. The highest BCUT2D eigenvalue weighted by atomic mass is 19.4. The highest BCUT2D eigenvalue weighted by Gasteiger charge is 2.45. The number of hydrogen-bond donors (Lipinski definition) is 1. The van der Waals surface area contributed by atoms with Gasteiger partial charge < -0.3 is 10.1 Å². The smallest absolute Gasteiger partial charge is 0.366 e. The zero-order valence-electron chi connectivity index (χ0n) is 6.11. The van der Waals surface area contributed by atoms with Crippen molar-refractivity contribution in [2.75, 3.05) is 13.2 Å². The molecule has 0 aliphatic carbocycles. The van der Waals surface area contributed by atoms with Crippen LogP contribution < -0.4 is 5.32 Å². The van der Waals surface area contributed by atoms with Gasteiger partial charge in [0.2, 0.25) is 0 Å². The van der Waals surface area contributed by atoms with Gasteiger partial charge in [0, 0.05) is 12.6 Å². The summed E-state index contributed by atoms with van der Waals surface area (Å²) in [5.74, 6) is 0. The fourth-order valence-corrected chi connectivity index (χ4v) is 1.10. The van der Waals surface area contributed by atoms with Gasteiger partial charge in [-0.25, -0.2) is 0 Å². The van der Waals surface area contributed by atoms with Crippen molar-refractivity contribution in [3.63, 3.8) is 0 Å². The first-order valence-electron chi connectivity index (χ1n) is 3.43. The average molecular weight is 169 g/mol. The van der Waals surface area contributed by atoms with Gasteiger partial charge in [0.05, 0.1) is 6.61 Å². The Morgan fingerprint density at radius 3 is 2.45 bits per heavy atom. The second kappa shape index (κ2) is 2.98. The minimum absolute atomic E-state index is 0.133. The Kier molecular flexibility index (Phi) is 2.39. The van der Waals surface area contributed by atoms with Crippen LogP contribution in [0.15, 0.2) is 0 Å². The largest absolute Gasteiger partial charge is 0.416 e. The highest BCUT2D eigenvalue weighted by Crippen LogP contribution is 2.26. The van der Waals surface area contributed by atoms with Gasteiger partial charge in [-0.15, -0.1) is 0 Å². The van der Waals surface area contributed by atoms with Crippen LogP contribution in [-0.2, 0) is 4.74 Å². The fraction of sp³-hybridized carbons (Fsp3) is 1.00. The predicted octanol–water partition coefficient (Wildman–Crippen LogP) is 0.926. The number of ether oxygens (including phenoxy) is 1. The molecule has 0 saturated carbocycles. The standard InChI is InChI=1S/C6H10F3NO/c1-4-5(6(7,8)9)11-3-2-10-4/h4-5,10H,2-3H2,1H3/t4-,5+/m1/s1. The second-order valence-corrected chi connectivity index (χ2v) is 2.58. The topological polar surface area (TPSA) is 21.3 Å². The Labute approximate surface area is 62.7 Å². The Morgan fingerprint density at radius 2 is 2.09 bits per heavy atom. The Balaban J connectivity index is 2.55. The molecule has 2 nitrogen and oxygen atoms in total. The van der Waals surface area contributed by atoms with Crippen LogP contribution in [0.5, 0.6) is 0 Å². The molecule has 0 bridgehead atoms. The molecule has 0 aromatic rings. The molecule has 1 heterocycles. The predicted molar refractivity (Wildman–Crippen MR) is 33.3 cm³/mol. The number of morpholine rings is 1. The first kappa shape index (κ1) is 8.80. The molecule has 66 valence electrons. The van der Waals surface area contributed by atoms with Crippen molar-refractivity contribution in [2.24, 2.45) is 0 Å². The molecule has 0 spiro atoms. The summed E-state index contributed by atoms with van der Waals surface area (Å²) in [6.07, 6.45) is -5.89. The number of nitrogens with one attached hydrogen (secondary N) is 1. The van der Waals surface area contributed by atoms with Gasteiger partial charge in [-0.1, -0.05) is 0 Å². The summed E-state index contributed by atoms with van der Waals surface area (Å²) in [7, 11) is 0. The van der Waals surface area contributed by atoms with E-state index in [1.165, 1.54) is 6.92 Å². The maximum Gasteiger partial charge on any atom is 0.416 e. The molecule has 1 aliphatic rings. The summed E-state index contributed by atoms with van der Waals surface area (Å²) in [4.78, 5) is 0. The summed E-state index contributed by atoms with van der Waals surface area (Å²) in [5, 5.41) is 2.69. The molecule has 1 saturated heterocycles. The van der Waals surface area contributed by atoms with Gasteiger partial charge in [0.1, 0.15) is 0 Å². The third kappa shape index (κ3) is 2.07. The van der Waals surface area contributed by atoms with E-state index in [0.29, 0.717) is 6.54 Å². The number of halogens is 3. The molecule has 0 aromatic heterocycles. The summed E-state index contributed by atoms with van der Waals surface area (Å²) in [5.41, 5.74) is 0. The monoisotopic (exact) mass is 169 g/mol. The number of alkyl halides is 3. The lowest BCUT2D eigenvalue weighted by Crippen LogP contribution is -2.53. The Hall–Kier alpha value is -0.290. The van der Waals surface area contributed by atoms with E-state index >= 15 is 0 Å². The Morgan fingerprint density at radius 1 is 1.45 bits per heavy atom. The zero-order valence-corrected chi connectivity index (χ0v) is 6.11. The first-order valence-corrected chi connectivity index (χ1v) is 3.43. The molecular weight excluding hydrogens is 159 g/mol. The number of hydrogen-bond acceptors (Lipinski definition) is 2. The van der Waals surface area contributed by atoms with E-state index < -0.39 is 18.3 Å². The van der Waals surface area contributed by atoms with Crippen LogP contribution in [0.3, 0.4) is 0 Å². The molecule has 0 amide bonds. The van der Waals surface area contributed by atoms with E-state index in [2.05, 4.69) is 10.1 Å². The highest BCUT2D eigenvalue weighted by molar-refractivity contribution is 4.82. The molecule has 0 aromatic carbocycles. The lowest BCUT2D eigenvalue weighted by atomic mass is 10.1. The average Bonchev–Trinajstić information content (AvgIpc) is 1.86. The van der Waals surface area contributed by atoms with Crippen LogP contribution >= 0.6 is 0 Å². The molecule has 2 atom stereocenters. The van der Waals surface area contributed by atoms with E-state index in [0.717, 1.165) is 0 Å². The van der Waals surface area contributed by atoms with E-state index in [9.17, 15) is 13.2 Å². The molecule has 0 unspecified atom stereocenters. The molecule has 5 heteroatoms. The van der Waals surface area contributed by atoms with Gasteiger partial charge in [0.15, 0.2) is 6.10 Å². The third-order valence-electron chi connectivity index (χ3n) is 1.64. The Bertz CT molecular complexity index is 136. The molecule has 1 rings (SSSR count). The summed E-state index contributed by atoms with van der Waals surface area (Å²) >= 11 is 0. The van der Waals surface area contributed by atoms with Crippen LogP contribution in [0.25, 0.3) is 0 Å². The molecule has 11 heavy (non-hydrogen) atoms. The van der Waals surface area contributed by atoms with Gasteiger partial charge >= 0.3 is 6.18 Å². The van der Waals surface area contributed by atoms with Gasteiger partial charge in [-0.05, 0) is 6.92 Å². The van der Waals surface area contributed by atoms with Gasteiger partial charge in [0.25, 0.3) is 0 Å². The van der Waals surface area contributed by atoms with Crippen molar-refractivity contribution in [2.45, 2.75) is 25.2 Å². The molecule has 0 radical (unpaired) electrons. The van der Waals surface area contributed by atoms with Gasteiger partial charge in [-0.2, -0.15) is 13.2 Å². The first-order chi connectivity index (χ1) is 5.02. The maximum atomic E-state index is 12.0. The van der Waals surface area contributed by atoms with Gasteiger partial charge in [-0.3, -0.25) is 0 Å². The van der Waals surface area contributed by atoms with E-state index in [4.69, 9.17) is 0 Å². The second-order valence-electron chi connectivity index (χ2n) is 2.58. The van der Waals surface area contributed by atoms with Crippen LogP contribution in [0.1, 0.15) is 6.92 Å². The van der Waals surface area contributed by atoms with Crippen molar-refractivity contribution in [3.8, 4) is 0 Å². The van der Waals surface area contributed by atoms with Crippen molar-refractivity contribution in [3.05, 3.63) is 0 Å². The zero-order chi connectivity index (χ0) is 8.48. The molecular formula is C6H10F3NO. The van der Waals surface area contributed by atoms with Crippen LogP contribution in [0.2, 0.25) is 0 Å². The quantitative estimate of drug-likeness (QED) is 0.582. The van der Waals surface area contributed by atoms with E-state index in [1.807, 2.05) is 0 Å². The lowest BCUT2D eigenvalue weighted by Gasteiger charge is -2.31. The molecule has 1 N–H and O–H groups in total. The molecule has 1 aliphatic heterocycles. The maximum absolute atomic E-state index is 12.0. The minimum Gasteiger partial charge on any atom is -0.366 e. The third-order valence-corrected chi connectivity index (χ3v) is 1.64. The summed E-state index contributed by atoms with van der Waals surface area (Å²) < 4.78 is 40.6. The van der Waals surface area contributed by atoms with Crippen LogP contribution in [-0.4, -0.2) is 31.5 Å². The minimum atomic E-state index is -4.24. The van der Waals surface area contributed by atoms with Crippen molar-refractivity contribution < 1.29 is 17.9 Å². The van der Waals surface area contributed by atoms with Crippen LogP contribution in [0.4, 0.5) is 13.2 Å². The van der Waals surface area contributed by atoms with Crippen molar-refractivity contribution in [1.82, 2.24) is 5.32 Å². The van der Waals surface area contributed by atoms with Crippen LogP contribution in [0, 0.1) is 0 Å². The SMILES string of the molecule is C[C@H]1NCCO[C@@H]1C(F)(F)F. The van der Waals surface area contributed by atoms with Crippen molar-refractivity contribution in [1.29, 1.82) is 0 Å². The lowest BCUT2D eigenvalue weighted by molar-refractivity contribution is -0.235. The summed E-state index contributed by atoms with van der Waals surface area (Å²) in [6, 6.07) is -0.635. The summed E-state index contributed by atoms with van der Waals surface area (Å²) in [6.45, 7) is 2.10. The number of rotatable bonds is 0. The van der Waals surface area contributed by atoms with E-state index in [1.54, 1.807) is 0 Å². The van der Waals surface area contributed by atoms with Crippen molar-refractivity contribution >= 4 is 0 Å². The fourth-order valence-electron chi connectivity index (χ4n) is 1.10.